The first-order chi connectivity index (χ1) is 11.1. The molecule has 6 heteroatoms. The Hall–Kier alpha value is -2.92. The summed E-state index contributed by atoms with van der Waals surface area (Å²) >= 11 is 5.94. The normalized spacial score (nSPS) is 11.0. The summed E-state index contributed by atoms with van der Waals surface area (Å²) in [6.45, 7) is 0. The van der Waals surface area contributed by atoms with Crippen molar-refractivity contribution in [2.75, 3.05) is 0 Å². The molecule has 0 fully saturated rings. The zero-order valence-corrected chi connectivity index (χ0v) is 12.7. The van der Waals surface area contributed by atoms with E-state index in [1.165, 1.54) is 6.21 Å². The molecule has 0 saturated heterocycles. The van der Waals surface area contributed by atoms with Gasteiger partial charge in [-0.1, -0.05) is 41.9 Å². The van der Waals surface area contributed by atoms with Gasteiger partial charge in [-0.25, -0.2) is 10.4 Å². The van der Waals surface area contributed by atoms with Crippen molar-refractivity contribution in [3.05, 3.63) is 70.9 Å². The van der Waals surface area contributed by atoms with Gasteiger partial charge < -0.3 is 5.11 Å². The fourth-order valence-corrected chi connectivity index (χ4v) is 2.30. The van der Waals surface area contributed by atoms with Gasteiger partial charge in [0.05, 0.1) is 22.5 Å². The van der Waals surface area contributed by atoms with Crippen LogP contribution in [0.1, 0.15) is 16.1 Å². The van der Waals surface area contributed by atoms with Crippen molar-refractivity contribution < 1.29 is 9.90 Å². The highest BCUT2D eigenvalue weighted by Crippen LogP contribution is 2.21. The summed E-state index contributed by atoms with van der Waals surface area (Å²) in [5.74, 6) is -0.312. The number of amides is 1. The molecule has 0 aliphatic carbocycles. The van der Waals surface area contributed by atoms with Crippen molar-refractivity contribution in [1.29, 1.82) is 0 Å². The van der Waals surface area contributed by atoms with Crippen molar-refractivity contribution >= 4 is 34.6 Å². The summed E-state index contributed by atoms with van der Waals surface area (Å²) in [7, 11) is 0. The molecule has 0 bridgehead atoms. The minimum absolute atomic E-state index is 0.0952. The first-order valence-corrected chi connectivity index (χ1v) is 7.19. The van der Waals surface area contributed by atoms with E-state index in [1.807, 2.05) is 12.1 Å². The average Bonchev–Trinajstić information content (AvgIpc) is 2.56. The topological polar surface area (TPSA) is 74.6 Å². The highest BCUT2D eigenvalue weighted by molar-refractivity contribution is 6.33. The molecule has 0 atom stereocenters. The molecule has 0 saturated carbocycles. The lowest BCUT2D eigenvalue weighted by molar-refractivity contribution is 0.0955. The zero-order chi connectivity index (χ0) is 16.2. The van der Waals surface area contributed by atoms with Crippen LogP contribution in [0.3, 0.4) is 0 Å². The third kappa shape index (κ3) is 3.30. The summed E-state index contributed by atoms with van der Waals surface area (Å²) < 4.78 is 0. The van der Waals surface area contributed by atoms with Gasteiger partial charge in [0.15, 0.2) is 0 Å². The Kier molecular flexibility index (Phi) is 4.21. The Bertz CT molecular complexity index is 909. The number of nitrogens with zero attached hydrogens (tertiary/aromatic N) is 2. The van der Waals surface area contributed by atoms with Crippen LogP contribution in [0.5, 0.6) is 5.75 Å². The molecule has 2 N–H and O–H groups in total. The van der Waals surface area contributed by atoms with E-state index in [1.54, 1.807) is 42.5 Å². The molecule has 0 unspecified atom stereocenters. The van der Waals surface area contributed by atoms with Crippen LogP contribution in [0.15, 0.2) is 59.7 Å². The summed E-state index contributed by atoms with van der Waals surface area (Å²) in [6, 6.07) is 15.4. The van der Waals surface area contributed by atoms with Gasteiger partial charge in [0.1, 0.15) is 11.3 Å². The number of rotatable bonds is 3. The predicted octanol–water partition coefficient (Wildman–Crippen LogP) is 3.36. The van der Waals surface area contributed by atoms with Crippen LogP contribution in [-0.4, -0.2) is 22.2 Å². The molecule has 3 rings (SSSR count). The number of aromatic nitrogens is 1. The van der Waals surface area contributed by atoms with E-state index in [9.17, 15) is 9.90 Å². The van der Waals surface area contributed by atoms with E-state index in [2.05, 4.69) is 15.5 Å². The molecule has 0 radical (unpaired) electrons. The first kappa shape index (κ1) is 15.0. The maximum absolute atomic E-state index is 12.0. The Balaban J connectivity index is 1.77. The van der Waals surface area contributed by atoms with Gasteiger partial charge in [0.2, 0.25) is 0 Å². The quantitative estimate of drug-likeness (QED) is 0.573. The van der Waals surface area contributed by atoms with Gasteiger partial charge in [-0.3, -0.25) is 4.79 Å². The van der Waals surface area contributed by atoms with E-state index in [-0.39, 0.29) is 5.75 Å². The number of aromatic hydroxyl groups is 1. The van der Waals surface area contributed by atoms with Crippen molar-refractivity contribution in [3.8, 4) is 5.75 Å². The van der Waals surface area contributed by atoms with Crippen LogP contribution in [0, 0.1) is 0 Å². The summed E-state index contributed by atoms with van der Waals surface area (Å²) in [5.41, 5.74) is 3.73. The average molecular weight is 326 g/mol. The third-order valence-corrected chi connectivity index (χ3v) is 3.53. The molecule has 5 nitrogen and oxygen atoms in total. The number of nitrogens with one attached hydrogen (secondary N) is 1. The molecule has 1 aromatic heterocycles. The highest BCUT2D eigenvalue weighted by Gasteiger charge is 2.08. The smallest absolute Gasteiger partial charge is 0.272 e. The number of carbonyl (C=O) groups is 1. The first-order valence-electron chi connectivity index (χ1n) is 6.82. The molecular formula is C17H12ClN3O2. The standard InChI is InChI=1S/C17H12ClN3O2/c18-14-6-2-1-5-13(14)17(23)21-19-10-12-9-8-11-4-3-7-15(22)16(11)20-12/h1-10,22H,(H,21,23). The molecule has 114 valence electrons. The summed E-state index contributed by atoms with van der Waals surface area (Å²) in [6.07, 6.45) is 1.40. The zero-order valence-electron chi connectivity index (χ0n) is 11.9. The van der Waals surface area contributed by atoms with Gasteiger partial charge in [0.25, 0.3) is 5.91 Å². The number of fused-ring (bicyclic) bond motifs is 1. The van der Waals surface area contributed by atoms with E-state index < -0.39 is 5.91 Å². The molecule has 0 spiro atoms. The molecule has 23 heavy (non-hydrogen) atoms. The maximum atomic E-state index is 12.0. The number of para-hydroxylation sites is 1. The van der Waals surface area contributed by atoms with Crippen LogP contribution >= 0.6 is 11.6 Å². The molecule has 0 aliphatic rings. The van der Waals surface area contributed by atoms with Gasteiger partial charge in [-0.05, 0) is 24.3 Å². The maximum Gasteiger partial charge on any atom is 0.272 e. The number of carbonyl (C=O) groups excluding carboxylic acids is 1. The van der Waals surface area contributed by atoms with Gasteiger partial charge in [-0.15, -0.1) is 0 Å². The second kappa shape index (κ2) is 6.46. The summed E-state index contributed by atoms with van der Waals surface area (Å²) in [4.78, 5) is 16.2. The van der Waals surface area contributed by atoms with E-state index in [0.29, 0.717) is 21.8 Å². The number of hydrogen-bond acceptors (Lipinski definition) is 4. The number of halogens is 1. The number of phenolic OH excluding ortho intramolecular Hbond substituents is 1. The van der Waals surface area contributed by atoms with Gasteiger partial charge in [-0.2, -0.15) is 5.10 Å². The Morgan fingerprint density at radius 1 is 1.13 bits per heavy atom. The van der Waals surface area contributed by atoms with Gasteiger partial charge >= 0.3 is 0 Å². The van der Waals surface area contributed by atoms with Crippen LogP contribution in [0.25, 0.3) is 10.9 Å². The minimum Gasteiger partial charge on any atom is -0.506 e. The number of pyridine rings is 1. The molecule has 1 heterocycles. The molecular weight excluding hydrogens is 314 g/mol. The second-order valence-corrected chi connectivity index (χ2v) is 5.17. The van der Waals surface area contributed by atoms with Crippen molar-refractivity contribution in [3.63, 3.8) is 0 Å². The van der Waals surface area contributed by atoms with E-state index in [4.69, 9.17) is 11.6 Å². The summed E-state index contributed by atoms with van der Waals surface area (Å²) in [5, 5.41) is 14.8. The predicted molar refractivity (Wildman–Crippen MR) is 89.9 cm³/mol. The van der Waals surface area contributed by atoms with Gasteiger partial charge in [0, 0.05) is 5.39 Å². The number of hydrogen-bond donors (Lipinski definition) is 2. The number of benzene rings is 2. The van der Waals surface area contributed by atoms with Crippen LogP contribution in [0.4, 0.5) is 0 Å². The van der Waals surface area contributed by atoms with Crippen molar-refractivity contribution in [1.82, 2.24) is 10.4 Å². The molecule has 3 aromatic rings. The second-order valence-electron chi connectivity index (χ2n) is 4.76. The Labute approximate surface area is 137 Å². The lowest BCUT2D eigenvalue weighted by Gasteiger charge is -2.02. The fourth-order valence-electron chi connectivity index (χ4n) is 2.08. The SMILES string of the molecule is O=C(NN=Cc1ccc2cccc(O)c2n1)c1ccccc1Cl. The lowest BCUT2D eigenvalue weighted by atomic mass is 10.2. The Morgan fingerprint density at radius 3 is 2.78 bits per heavy atom. The fraction of sp³-hybridized carbons (Fsp3) is 0. The van der Waals surface area contributed by atoms with Crippen molar-refractivity contribution in [2.45, 2.75) is 0 Å². The van der Waals surface area contributed by atoms with Crippen molar-refractivity contribution in [2.24, 2.45) is 5.10 Å². The largest absolute Gasteiger partial charge is 0.506 e. The van der Waals surface area contributed by atoms with E-state index >= 15 is 0 Å². The Morgan fingerprint density at radius 2 is 1.96 bits per heavy atom. The molecule has 1 amide bonds. The highest BCUT2D eigenvalue weighted by atomic mass is 35.5. The minimum atomic E-state index is -0.407. The van der Waals surface area contributed by atoms with E-state index in [0.717, 1.165) is 5.39 Å². The third-order valence-electron chi connectivity index (χ3n) is 3.20. The molecule has 0 aliphatic heterocycles. The monoisotopic (exact) mass is 325 g/mol. The van der Waals surface area contributed by atoms with Crippen LogP contribution in [-0.2, 0) is 0 Å². The van der Waals surface area contributed by atoms with Crippen LogP contribution in [0.2, 0.25) is 5.02 Å². The molecule has 2 aromatic carbocycles. The lowest BCUT2D eigenvalue weighted by Crippen LogP contribution is -2.18. The number of phenols is 1. The van der Waals surface area contributed by atoms with Crippen LogP contribution < -0.4 is 5.43 Å². The number of hydrazone groups is 1.